The van der Waals surface area contributed by atoms with E-state index in [1.54, 1.807) is 0 Å². The van der Waals surface area contributed by atoms with E-state index in [1.807, 2.05) is 0 Å². The zero-order chi connectivity index (χ0) is 15.3. The molecule has 0 aromatic heterocycles. The first-order valence-electron chi connectivity index (χ1n) is 6.95. The third kappa shape index (κ3) is 11.6. The molecule has 19 heavy (non-hydrogen) atoms. The van der Waals surface area contributed by atoms with Crippen LogP contribution < -0.4 is 0 Å². The first-order valence-corrected chi connectivity index (χ1v) is 16.3. The average Bonchev–Trinajstić information content (AvgIpc) is 2.05. The van der Waals surface area contributed by atoms with Gasteiger partial charge in [0.2, 0.25) is 0 Å². The minimum atomic E-state index is -2.05. The average molecular weight is 323 g/mol. The number of rotatable bonds is 9. The van der Waals surface area contributed by atoms with Crippen LogP contribution in [0.3, 0.4) is 0 Å². The molecular formula is C12H30O4Si3. The molecule has 0 aliphatic rings. The predicted molar refractivity (Wildman–Crippen MR) is 86.8 cm³/mol. The van der Waals surface area contributed by atoms with Gasteiger partial charge in [0, 0.05) is 6.42 Å². The van der Waals surface area contributed by atoms with E-state index in [4.69, 9.17) is 13.3 Å². The molecule has 0 fully saturated rings. The van der Waals surface area contributed by atoms with Crippen LogP contribution in [0.4, 0.5) is 0 Å². The number of unbranched alkanes of at least 4 members (excludes halogenated alkanes) is 1. The summed E-state index contributed by atoms with van der Waals surface area (Å²) in [5, 5.41) is 8.63. The van der Waals surface area contributed by atoms with Crippen LogP contribution in [0, 0.1) is 0 Å². The van der Waals surface area contributed by atoms with Gasteiger partial charge in [0.15, 0.2) is 16.6 Å². The molecule has 0 spiro atoms. The van der Waals surface area contributed by atoms with Gasteiger partial charge in [-0.15, -0.1) is 0 Å². The molecule has 0 saturated carbocycles. The lowest BCUT2D eigenvalue weighted by Crippen LogP contribution is -2.51. The summed E-state index contributed by atoms with van der Waals surface area (Å²) in [6.07, 6.45) is 1.94. The van der Waals surface area contributed by atoms with Crippen LogP contribution in [-0.4, -0.2) is 36.3 Å². The highest BCUT2D eigenvalue weighted by Gasteiger charge is 2.37. The maximum atomic E-state index is 10.5. The summed E-state index contributed by atoms with van der Waals surface area (Å²) in [5.41, 5.74) is 0. The topological polar surface area (TPSA) is 55.8 Å². The number of carbonyl (C=O) groups is 1. The quantitative estimate of drug-likeness (QED) is 0.514. The van der Waals surface area contributed by atoms with Gasteiger partial charge >= 0.3 is 14.5 Å². The van der Waals surface area contributed by atoms with Crippen molar-refractivity contribution in [3.05, 3.63) is 0 Å². The molecule has 0 rings (SSSR count). The lowest BCUT2D eigenvalue weighted by atomic mass is 10.2. The molecule has 1 N–H and O–H groups in total. The van der Waals surface area contributed by atoms with E-state index in [-0.39, 0.29) is 6.42 Å². The normalized spacial score (nSPS) is 13.6. The van der Waals surface area contributed by atoms with E-state index in [1.165, 1.54) is 0 Å². The molecule has 0 bridgehead atoms. The van der Waals surface area contributed by atoms with Gasteiger partial charge < -0.3 is 13.3 Å². The molecule has 0 radical (unpaired) electrons. The Balaban J connectivity index is 4.23. The van der Waals surface area contributed by atoms with Gasteiger partial charge in [-0.25, -0.2) is 0 Å². The Morgan fingerprint density at radius 2 is 1.47 bits per heavy atom. The number of carboxylic acid groups (broad SMARTS) is 1. The number of hydrogen-bond donors (Lipinski definition) is 1. The Hall–Kier alpha value is 0.0406. The summed E-state index contributed by atoms with van der Waals surface area (Å²) in [7, 11) is -5.36. The second kappa shape index (κ2) is 7.16. The van der Waals surface area contributed by atoms with E-state index in [0.717, 1.165) is 18.9 Å². The Labute approximate surface area is 121 Å². The lowest BCUT2D eigenvalue weighted by molar-refractivity contribution is -0.137. The summed E-state index contributed by atoms with van der Waals surface area (Å²) >= 11 is 0. The third-order valence-corrected chi connectivity index (χ3v) is 12.6. The fourth-order valence-electron chi connectivity index (χ4n) is 2.30. The number of hydrogen-bond acceptors (Lipinski definition) is 3. The third-order valence-electron chi connectivity index (χ3n) is 2.49. The molecule has 7 heteroatoms. The van der Waals surface area contributed by atoms with Crippen LogP contribution in [0.5, 0.6) is 0 Å². The van der Waals surface area contributed by atoms with Gasteiger partial charge in [0.05, 0.1) is 0 Å². The Kier molecular flexibility index (Phi) is 7.18. The Morgan fingerprint density at radius 1 is 0.947 bits per heavy atom. The van der Waals surface area contributed by atoms with Crippen molar-refractivity contribution in [1.29, 1.82) is 0 Å². The highest BCUT2D eigenvalue weighted by atomic mass is 28.5. The zero-order valence-corrected chi connectivity index (χ0v) is 16.5. The first kappa shape index (κ1) is 19.0. The van der Waals surface area contributed by atoms with E-state index in [9.17, 15) is 4.79 Å². The van der Waals surface area contributed by atoms with Gasteiger partial charge in [0.25, 0.3) is 0 Å². The molecule has 0 saturated heterocycles. The van der Waals surface area contributed by atoms with Crippen molar-refractivity contribution >= 4 is 31.2 Å². The fraction of sp³-hybridized carbons (Fsp3) is 0.917. The summed E-state index contributed by atoms with van der Waals surface area (Å²) in [5.74, 6) is -0.711. The first-order chi connectivity index (χ1) is 8.33. The van der Waals surface area contributed by atoms with Gasteiger partial charge in [-0.1, -0.05) is 6.42 Å². The minimum Gasteiger partial charge on any atom is -0.481 e. The molecule has 0 amide bonds. The van der Waals surface area contributed by atoms with E-state index in [0.29, 0.717) is 0 Å². The lowest BCUT2D eigenvalue weighted by Gasteiger charge is -2.37. The molecule has 0 unspecified atom stereocenters. The van der Waals surface area contributed by atoms with E-state index < -0.39 is 31.2 Å². The van der Waals surface area contributed by atoms with Crippen molar-refractivity contribution in [2.75, 3.05) is 0 Å². The van der Waals surface area contributed by atoms with Crippen LogP contribution in [0.1, 0.15) is 19.3 Å². The van der Waals surface area contributed by atoms with Crippen LogP contribution in [0.25, 0.3) is 0 Å². The molecule has 0 aliphatic heterocycles. The van der Waals surface area contributed by atoms with E-state index >= 15 is 0 Å². The molecule has 0 aliphatic carbocycles. The van der Waals surface area contributed by atoms with Crippen molar-refractivity contribution in [3.63, 3.8) is 0 Å². The van der Waals surface area contributed by atoms with Crippen LogP contribution in [-0.2, 0) is 13.0 Å². The van der Waals surface area contributed by atoms with Crippen molar-refractivity contribution in [2.45, 2.75) is 71.1 Å². The minimum absolute atomic E-state index is 0.261. The number of aliphatic carboxylic acids is 1. The fourth-order valence-corrected chi connectivity index (χ4v) is 15.6. The number of carboxylic acids is 1. The highest BCUT2D eigenvalue weighted by molar-refractivity contribution is 6.87. The van der Waals surface area contributed by atoms with Gasteiger partial charge in [0.1, 0.15) is 0 Å². The molecule has 4 nitrogen and oxygen atoms in total. The van der Waals surface area contributed by atoms with Crippen LogP contribution in [0.2, 0.25) is 51.9 Å². The molecule has 0 heterocycles. The van der Waals surface area contributed by atoms with E-state index in [2.05, 4.69) is 45.8 Å². The van der Waals surface area contributed by atoms with Crippen LogP contribution in [0.15, 0.2) is 0 Å². The Bertz CT molecular complexity index is 298. The molecule has 114 valence electrons. The maximum absolute atomic E-state index is 10.5. The molecule has 0 atom stereocenters. The van der Waals surface area contributed by atoms with Crippen molar-refractivity contribution in [1.82, 2.24) is 0 Å². The molecule has 0 aromatic carbocycles. The summed E-state index contributed by atoms with van der Waals surface area (Å²) in [6.45, 7) is 15.2. The second-order valence-corrected chi connectivity index (χ2v) is 19.8. The van der Waals surface area contributed by atoms with Gasteiger partial charge in [-0.2, -0.15) is 0 Å². The largest absolute Gasteiger partial charge is 0.481 e. The van der Waals surface area contributed by atoms with Crippen molar-refractivity contribution in [2.24, 2.45) is 0 Å². The summed E-state index contributed by atoms with van der Waals surface area (Å²) in [6, 6.07) is 1.01. The zero-order valence-electron chi connectivity index (χ0n) is 13.5. The molecular weight excluding hydrogens is 292 g/mol. The monoisotopic (exact) mass is 322 g/mol. The maximum Gasteiger partial charge on any atom is 0.311 e. The van der Waals surface area contributed by atoms with Gasteiger partial charge in [-0.05, 0) is 58.3 Å². The smallest absolute Gasteiger partial charge is 0.311 e. The summed E-state index contributed by atoms with van der Waals surface area (Å²) in [4.78, 5) is 10.5. The highest BCUT2D eigenvalue weighted by Crippen LogP contribution is 2.24. The van der Waals surface area contributed by atoms with Crippen molar-refractivity contribution < 1.29 is 18.1 Å². The standard InChI is InChI=1S/C12H30O4Si3/c1-17(2,3)15-19(6,7)16-18(4,5)11-9-8-10-12(13)14/h8-11H2,1-7H3,(H,13,14). The Morgan fingerprint density at radius 3 is 1.89 bits per heavy atom. The van der Waals surface area contributed by atoms with Crippen molar-refractivity contribution in [3.8, 4) is 0 Å². The summed E-state index contributed by atoms with van der Waals surface area (Å²) < 4.78 is 12.6. The van der Waals surface area contributed by atoms with Crippen LogP contribution >= 0.6 is 0 Å². The predicted octanol–water partition coefficient (Wildman–Crippen LogP) is 4.02. The molecule has 0 aromatic rings. The SMILES string of the molecule is C[Si](C)(C)O[Si](C)(C)O[Si](C)(C)CCCCC(=O)O. The second-order valence-electron chi connectivity index (χ2n) is 7.08. The van der Waals surface area contributed by atoms with Gasteiger partial charge in [-0.3, -0.25) is 4.79 Å².